The Hall–Kier alpha value is -2.76. The van der Waals surface area contributed by atoms with Crippen LogP contribution in [0.1, 0.15) is 31.4 Å². The number of aromatic nitrogens is 2. The fourth-order valence-electron chi connectivity index (χ4n) is 3.22. The number of imidazole rings is 1. The van der Waals surface area contributed by atoms with Crippen LogP contribution in [0.15, 0.2) is 54.3 Å². The number of nitrogens with zero attached hydrogens (tertiary/aromatic N) is 3. The zero-order valence-electron chi connectivity index (χ0n) is 13.6. The first-order valence-electron chi connectivity index (χ1n) is 8.09. The SMILES string of the molecule is CCC1=C(O)C(=O)N(CCCn2ccnc2)C1c1cccc(O)c1. The van der Waals surface area contributed by atoms with Crippen molar-refractivity contribution < 1.29 is 15.0 Å². The van der Waals surface area contributed by atoms with E-state index in [1.165, 1.54) is 0 Å². The largest absolute Gasteiger partial charge is 0.508 e. The fourth-order valence-corrected chi connectivity index (χ4v) is 3.22. The van der Waals surface area contributed by atoms with Gasteiger partial charge in [0.2, 0.25) is 0 Å². The van der Waals surface area contributed by atoms with Gasteiger partial charge in [0.05, 0.1) is 12.4 Å². The topological polar surface area (TPSA) is 78.6 Å². The van der Waals surface area contributed by atoms with E-state index in [2.05, 4.69) is 4.98 Å². The second kappa shape index (κ2) is 6.78. The number of hydrogen-bond acceptors (Lipinski definition) is 4. The van der Waals surface area contributed by atoms with Gasteiger partial charge in [0.25, 0.3) is 5.91 Å². The maximum absolute atomic E-state index is 12.5. The molecule has 1 aromatic carbocycles. The average Bonchev–Trinajstić information content (AvgIpc) is 3.16. The summed E-state index contributed by atoms with van der Waals surface area (Å²) in [5.41, 5.74) is 1.51. The predicted octanol–water partition coefficient (Wildman–Crippen LogP) is 2.78. The Labute approximate surface area is 140 Å². The van der Waals surface area contributed by atoms with E-state index >= 15 is 0 Å². The van der Waals surface area contributed by atoms with Gasteiger partial charge >= 0.3 is 0 Å². The van der Waals surface area contributed by atoms with Gasteiger partial charge in [0.15, 0.2) is 5.76 Å². The Kier molecular flexibility index (Phi) is 4.55. The third-order valence-corrected chi connectivity index (χ3v) is 4.35. The quantitative estimate of drug-likeness (QED) is 0.855. The monoisotopic (exact) mass is 327 g/mol. The van der Waals surface area contributed by atoms with Gasteiger partial charge in [-0.05, 0) is 30.5 Å². The lowest BCUT2D eigenvalue weighted by atomic mass is 9.97. The number of carbonyl (C=O) groups excluding carboxylic acids is 1. The van der Waals surface area contributed by atoms with E-state index in [1.807, 2.05) is 23.8 Å². The van der Waals surface area contributed by atoms with E-state index in [0.29, 0.717) is 18.5 Å². The van der Waals surface area contributed by atoms with Crippen molar-refractivity contribution >= 4 is 5.91 Å². The number of phenolic OH excluding ortho intramolecular Hbond substituents is 1. The van der Waals surface area contributed by atoms with E-state index in [1.54, 1.807) is 35.6 Å². The van der Waals surface area contributed by atoms with Gasteiger partial charge in [0.1, 0.15) is 5.75 Å². The number of aromatic hydroxyl groups is 1. The van der Waals surface area contributed by atoms with Gasteiger partial charge in [0, 0.05) is 31.1 Å². The molecule has 3 rings (SSSR count). The van der Waals surface area contributed by atoms with Crippen LogP contribution >= 0.6 is 0 Å². The van der Waals surface area contributed by atoms with Gasteiger partial charge in [-0.2, -0.15) is 0 Å². The maximum atomic E-state index is 12.5. The number of aliphatic hydroxyl groups excluding tert-OH is 1. The molecule has 1 unspecified atom stereocenters. The fraction of sp³-hybridized carbons (Fsp3) is 0.333. The van der Waals surface area contributed by atoms with Gasteiger partial charge < -0.3 is 19.7 Å². The molecular weight excluding hydrogens is 306 g/mol. The minimum Gasteiger partial charge on any atom is -0.508 e. The number of amides is 1. The average molecular weight is 327 g/mol. The summed E-state index contributed by atoms with van der Waals surface area (Å²) in [5.74, 6) is -0.348. The first-order chi connectivity index (χ1) is 11.6. The van der Waals surface area contributed by atoms with Crippen molar-refractivity contribution in [2.24, 2.45) is 0 Å². The van der Waals surface area contributed by atoms with Crippen molar-refractivity contribution in [2.45, 2.75) is 32.4 Å². The molecule has 6 nitrogen and oxygen atoms in total. The molecule has 0 saturated heterocycles. The zero-order valence-corrected chi connectivity index (χ0v) is 13.6. The molecule has 24 heavy (non-hydrogen) atoms. The molecule has 1 aliphatic rings. The summed E-state index contributed by atoms with van der Waals surface area (Å²) in [6, 6.07) is 6.54. The van der Waals surface area contributed by atoms with Crippen LogP contribution in [-0.4, -0.2) is 37.1 Å². The Morgan fingerprint density at radius 2 is 2.08 bits per heavy atom. The van der Waals surface area contributed by atoms with Crippen LogP contribution in [0.2, 0.25) is 0 Å². The van der Waals surface area contributed by atoms with Crippen LogP contribution in [0.3, 0.4) is 0 Å². The lowest BCUT2D eigenvalue weighted by Gasteiger charge is -2.27. The highest BCUT2D eigenvalue weighted by molar-refractivity contribution is 5.95. The molecule has 0 aliphatic carbocycles. The van der Waals surface area contributed by atoms with E-state index in [9.17, 15) is 15.0 Å². The zero-order chi connectivity index (χ0) is 17.1. The summed E-state index contributed by atoms with van der Waals surface area (Å²) in [6.45, 7) is 3.19. The minimum atomic E-state index is -0.342. The third-order valence-electron chi connectivity index (χ3n) is 4.35. The Morgan fingerprint density at radius 3 is 2.75 bits per heavy atom. The lowest BCUT2D eigenvalue weighted by molar-refractivity contribution is -0.129. The van der Waals surface area contributed by atoms with Gasteiger partial charge in [-0.3, -0.25) is 4.79 Å². The number of carbonyl (C=O) groups is 1. The minimum absolute atomic E-state index is 0.153. The molecular formula is C18H21N3O3. The highest BCUT2D eigenvalue weighted by Crippen LogP contribution is 2.39. The van der Waals surface area contributed by atoms with Crippen molar-refractivity contribution in [3.05, 3.63) is 59.9 Å². The van der Waals surface area contributed by atoms with Crippen molar-refractivity contribution in [1.29, 1.82) is 0 Å². The van der Waals surface area contributed by atoms with Crippen molar-refractivity contribution in [3.8, 4) is 5.75 Å². The second-order valence-corrected chi connectivity index (χ2v) is 5.88. The molecule has 2 aromatic rings. The molecule has 6 heteroatoms. The van der Waals surface area contributed by atoms with Gasteiger partial charge in [-0.25, -0.2) is 4.98 Å². The summed E-state index contributed by atoms with van der Waals surface area (Å²) in [6.07, 6.45) is 6.67. The first kappa shape index (κ1) is 16.1. The number of phenols is 1. The summed E-state index contributed by atoms with van der Waals surface area (Å²) >= 11 is 0. The maximum Gasteiger partial charge on any atom is 0.289 e. The van der Waals surface area contributed by atoms with E-state index < -0.39 is 0 Å². The lowest BCUT2D eigenvalue weighted by Crippen LogP contribution is -2.32. The smallest absolute Gasteiger partial charge is 0.289 e. The number of aliphatic hydroxyl groups is 1. The molecule has 126 valence electrons. The van der Waals surface area contributed by atoms with E-state index in [4.69, 9.17) is 0 Å². The number of benzene rings is 1. The van der Waals surface area contributed by atoms with Crippen molar-refractivity contribution in [2.75, 3.05) is 6.54 Å². The van der Waals surface area contributed by atoms with Crippen LogP contribution < -0.4 is 0 Å². The summed E-state index contributed by atoms with van der Waals surface area (Å²) in [4.78, 5) is 18.2. The van der Waals surface area contributed by atoms with Crippen molar-refractivity contribution in [1.82, 2.24) is 14.5 Å². The molecule has 2 heterocycles. The van der Waals surface area contributed by atoms with Gasteiger partial charge in [-0.1, -0.05) is 19.1 Å². The van der Waals surface area contributed by atoms with Crippen LogP contribution in [0.5, 0.6) is 5.75 Å². The normalized spacial score (nSPS) is 17.8. The molecule has 0 bridgehead atoms. The highest BCUT2D eigenvalue weighted by Gasteiger charge is 2.39. The molecule has 2 N–H and O–H groups in total. The predicted molar refractivity (Wildman–Crippen MR) is 89.4 cm³/mol. The summed E-state index contributed by atoms with van der Waals surface area (Å²) < 4.78 is 1.96. The molecule has 1 aliphatic heterocycles. The van der Waals surface area contributed by atoms with Crippen LogP contribution in [0, 0.1) is 0 Å². The second-order valence-electron chi connectivity index (χ2n) is 5.88. The molecule has 0 spiro atoms. The molecule has 0 fully saturated rings. The number of rotatable bonds is 6. The number of aryl methyl sites for hydroxylation is 1. The molecule has 1 atom stereocenters. The summed E-state index contributed by atoms with van der Waals surface area (Å²) in [7, 11) is 0. The Morgan fingerprint density at radius 1 is 1.25 bits per heavy atom. The number of hydrogen-bond donors (Lipinski definition) is 2. The first-order valence-corrected chi connectivity index (χ1v) is 8.09. The van der Waals surface area contributed by atoms with Crippen LogP contribution in [0.4, 0.5) is 0 Å². The molecule has 1 amide bonds. The summed E-state index contributed by atoms with van der Waals surface area (Å²) in [5, 5.41) is 20.0. The molecule has 1 aromatic heterocycles. The van der Waals surface area contributed by atoms with Crippen LogP contribution in [0.25, 0.3) is 0 Å². The van der Waals surface area contributed by atoms with Crippen molar-refractivity contribution in [3.63, 3.8) is 0 Å². The highest BCUT2D eigenvalue weighted by atomic mass is 16.3. The Bertz CT molecular complexity index is 753. The molecule has 0 radical (unpaired) electrons. The van der Waals surface area contributed by atoms with E-state index in [0.717, 1.165) is 18.5 Å². The Balaban J connectivity index is 1.81. The van der Waals surface area contributed by atoms with Gasteiger partial charge in [-0.15, -0.1) is 0 Å². The van der Waals surface area contributed by atoms with Crippen LogP contribution in [-0.2, 0) is 11.3 Å². The molecule has 0 saturated carbocycles. The third kappa shape index (κ3) is 2.99. The standard InChI is InChI=1S/C18H21N3O3/c1-2-15-16(13-5-3-6-14(22)11-13)21(18(24)17(15)23)9-4-8-20-10-7-19-12-20/h3,5-7,10-12,16,22-23H,2,4,8-9H2,1H3. The van der Waals surface area contributed by atoms with E-state index in [-0.39, 0.29) is 23.5 Å².